The van der Waals surface area contributed by atoms with E-state index in [1.54, 1.807) is 13.8 Å². The molecule has 0 aliphatic carbocycles. The smallest absolute Gasteiger partial charge is 0.465 e. The van der Waals surface area contributed by atoms with Crippen LogP contribution >= 0.6 is 0 Å². The second kappa shape index (κ2) is 6.65. The lowest BCUT2D eigenvalue weighted by molar-refractivity contribution is -0.384. The summed E-state index contributed by atoms with van der Waals surface area (Å²) in [5.41, 5.74) is -2.88. The molecular weight excluding hydrogens is 305 g/mol. The Morgan fingerprint density at radius 1 is 1.26 bits per heavy atom. The first kappa shape index (κ1) is 19.1. The van der Waals surface area contributed by atoms with E-state index in [0.29, 0.717) is 0 Å². The number of rotatable bonds is 6. The molecule has 0 aromatic heterocycles. The number of benzene rings is 1. The molecule has 0 bridgehead atoms. The second-order valence-electron chi connectivity index (χ2n) is 6.10. The zero-order valence-electron chi connectivity index (χ0n) is 13.7. The molecule has 23 heavy (non-hydrogen) atoms. The van der Waals surface area contributed by atoms with Gasteiger partial charge in [-0.25, -0.2) is 4.79 Å². The minimum absolute atomic E-state index is 0.0110. The normalized spacial score (nSPS) is 12.0. The van der Waals surface area contributed by atoms with Crippen molar-refractivity contribution in [2.24, 2.45) is 0 Å². The number of carbonyl (C=O) groups excluding carboxylic acids is 1. The van der Waals surface area contributed by atoms with Gasteiger partial charge in [-0.1, -0.05) is 0 Å². The van der Waals surface area contributed by atoms with Crippen LogP contribution in [0.25, 0.3) is 0 Å². The predicted molar refractivity (Wildman–Crippen MR) is 83.5 cm³/mol. The third-order valence-electron chi connectivity index (χ3n) is 3.74. The number of ether oxygens (including phenoxy) is 1. The fourth-order valence-corrected chi connectivity index (χ4v) is 1.61. The van der Waals surface area contributed by atoms with Gasteiger partial charge in [-0.15, -0.1) is 0 Å². The van der Waals surface area contributed by atoms with Crippen molar-refractivity contribution in [1.29, 1.82) is 0 Å². The van der Waals surface area contributed by atoms with Crippen LogP contribution in [0.15, 0.2) is 18.2 Å². The number of non-ortho nitro benzene ring substituents is 1. The van der Waals surface area contributed by atoms with E-state index in [4.69, 9.17) is 4.65 Å². The highest BCUT2D eigenvalue weighted by molar-refractivity contribution is 6.60. The van der Waals surface area contributed by atoms with E-state index in [2.05, 4.69) is 4.74 Å². The maximum absolute atomic E-state index is 11.6. The van der Waals surface area contributed by atoms with Crippen molar-refractivity contribution in [3.8, 4) is 0 Å². The van der Waals surface area contributed by atoms with Gasteiger partial charge < -0.3 is 19.5 Å². The quantitative estimate of drug-likeness (QED) is 0.341. The van der Waals surface area contributed by atoms with Crippen LogP contribution in [0.3, 0.4) is 0 Å². The van der Waals surface area contributed by atoms with Crippen molar-refractivity contribution in [2.45, 2.75) is 38.9 Å². The standard InChI is InChI=1S/C14H20BNO7/c1-13(2,18)14(3,4)23-15(19)10-6-9(12(17)22-5)7-11(8-10)16(20)21/h6-8,18-19H,1-5H3. The van der Waals surface area contributed by atoms with Crippen LogP contribution in [-0.4, -0.2) is 46.5 Å². The summed E-state index contributed by atoms with van der Waals surface area (Å²) in [7, 11) is -0.426. The molecule has 0 spiro atoms. The Balaban J connectivity index is 3.23. The van der Waals surface area contributed by atoms with E-state index in [-0.39, 0.29) is 16.7 Å². The van der Waals surface area contributed by atoms with Crippen LogP contribution in [0.5, 0.6) is 0 Å². The van der Waals surface area contributed by atoms with E-state index < -0.39 is 29.2 Å². The molecule has 0 atom stereocenters. The van der Waals surface area contributed by atoms with Crippen molar-refractivity contribution in [2.75, 3.05) is 7.11 Å². The zero-order valence-corrected chi connectivity index (χ0v) is 13.7. The Bertz CT molecular complexity index is 610. The van der Waals surface area contributed by atoms with E-state index in [1.165, 1.54) is 19.9 Å². The number of nitro benzene ring substituents is 1. The predicted octanol–water partition coefficient (Wildman–Crippen LogP) is 0.635. The highest BCUT2D eigenvalue weighted by Crippen LogP contribution is 2.25. The first-order valence-electron chi connectivity index (χ1n) is 6.85. The van der Waals surface area contributed by atoms with Crippen LogP contribution in [0.1, 0.15) is 38.1 Å². The summed E-state index contributed by atoms with van der Waals surface area (Å²) in [5, 5.41) is 31.2. The third-order valence-corrected chi connectivity index (χ3v) is 3.74. The molecule has 0 radical (unpaired) electrons. The molecule has 0 fully saturated rings. The van der Waals surface area contributed by atoms with Gasteiger partial charge in [0.05, 0.1) is 28.8 Å². The van der Waals surface area contributed by atoms with Crippen molar-refractivity contribution >= 4 is 24.2 Å². The number of nitro groups is 1. The van der Waals surface area contributed by atoms with Gasteiger partial charge in [0.1, 0.15) is 0 Å². The average Bonchev–Trinajstić information content (AvgIpc) is 2.44. The van der Waals surface area contributed by atoms with Crippen molar-refractivity contribution < 1.29 is 29.2 Å². The first-order valence-corrected chi connectivity index (χ1v) is 6.85. The number of hydrogen-bond donors (Lipinski definition) is 2. The van der Waals surface area contributed by atoms with E-state index >= 15 is 0 Å². The molecule has 126 valence electrons. The molecule has 0 aliphatic heterocycles. The van der Waals surface area contributed by atoms with Gasteiger partial charge in [0.25, 0.3) is 5.69 Å². The molecule has 0 unspecified atom stereocenters. The van der Waals surface area contributed by atoms with E-state index in [9.17, 15) is 25.0 Å². The maximum Gasteiger partial charge on any atom is 0.491 e. The zero-order chi connectivity index (χ0) is 18.0. The second-order valence-corrected chi connectivity index (χ2v) is 6.10. The van der Waals surface area contributed by atoms with E-state index in [0.717, 1.165) is 19.2 Å². The monoisotopic (exact) mass is 325 g/mol. The van der Waals surface area contributed by atoms with Crippen molar-refractivity contribution in [3.63, 3.8) is 0 Å². The maximum atomic E-state index is 11.6. The van der Waals surface area contributed by atoms with Gasteiger partial charge in [0.2, 0.25) is 0 Å². The molecule has 0 aliphatic rings. The molecule has 1 rings (SSSR count). The van der Waals surface area contributed by atoms with Gasteiger partial charge in [-0.2, -0.15) is 0 Å². The van der Waals surface area contributed by atoms with E-state index in [1.807, 2.05) is 0 Å². The lowest BCUT2D eigenvalue weighted by Gasteiger charge is -2.38. The number of aliphatic hydroxyl groups is 1. The Labute approximate surface area is 134 Å². The SMILES string of the molecule is COC(=O)c1cc(B(O)OC(C)(C)C(C)(C)O)cc([N+](=O)[O-])c1. The number of esters is 1. The van der Waals surface area contributed by atoms with Gasteiger partial charge in [0.15, 0.2) is 0 Å². The fourth-order valence-electron chi connectivity index (χ4n) is 1.61. The van der Waals surface area contributed by atoms with Crippen LogP contribution in [0.2, 0.25) is 0 Å². The van der Waals surface area contributed by atoms with Crippen LogP contribution in [0.4, 0.5) is 5.69 Å². The minimum Gasteiger partial charge on any atom is -0.465 e. The molecule has 0 saturated carbocycles. The van der Waals surface area contributed by atoms with Gasteiger partial charge in [-0.05, 0) is 39.2 Å². The molecule has 0 heterocycles. The Kier molecular flexibility index (Phi) is 5.52. The van der Waals surface area contributed by atoms with Crippen molar-refractivity contribution in [1.82, 2.24) is 0 Å². The largest absolute Gasteiger partial charge is 0.491 e. The molecular formula is C14H20BNO7. The third kappa shape index (κ3) is 4.50. The summed E-state index contributed by atoms with van der Waals surface area (Å²) < 4.78 is 9.96. The Morgan fingerprint density at radius 3 is 2.26 bits per heavy atom. The molecule has 1 aromatic carbocycles. The van der Waals surface area contributed by atoms with Crippen LogP contribution < -0.4 is 5.46 Å². The average molecular weight is 325 g/mol. The molecule has 2 N–H and O–H groups in total. The minimum atomic E-state index is -1.57. The topological polar surface area (TPSA) is 119 Å². The number of nitrogens with zero attached hydrogens (tertiary/aromatic N) is 1. The summed E-state index contributed by atoms with van der Waals surface area (Å²) in [6.45, 7) is 6.14. The molecule has 1 aromatic rings. The summed E-state index contributed by atoms with van der Waals surface area (Å²) in [6, 6.07) is 3.38. The molecule has 8 nitrogen and oxygen atoms in total. The highest BCUT2D eigenvalue weighted by atomic mass is 16.6. The summed E-state index contributed by atoms with van der Waals surface area (Å²) in [4.78, 5) is 21.9. The molecule has 0 amide bonds. The number of methoxy groups -OCH3 is 1. The fraction of sp³-hybridized carbons (Fsp3) is 0.500. The highest BCUT2D eigenvalue weighted by Gasteiger charge is 2.40. The Hall–Kier alpha value is -1.97. The Morgan fingerprint density at radius 2 is 1.83 bits per heavy atom. The van der Waals surface area contributed by atoms with Gasteiger partial charge >= 0.3 is 13.1 Å². The van der Waals surface area contributed by atoms with Crippen LogP contribution in [-0.2, 0) is 9.39 Å². The lowest BCUT2D eigenvalue weighted by Crippen LogP contribution is -2.53. The van der Waals surface area contributed by atoms with Crippen LogP contribution in [0, 0.1) is 10.1 Å². The van der Waals surface area contributed by atoms with Gasteiger partial charge in [0, 0.05) is 12.1 Å². The summed E-state index contributed by atoms with van der Waals surface area (Å²) in [5.74, 6) is -0.774. The van der Waals surface area contributed by atoms with Gasteiger partial charge in [-0.3, -0.25) is 10.1 Å². The first-order chi connectivity index (χ1) is 10.4. The summed E-state index contributed by atoms with van der Waals surface area (Å²) >= 11 is 0. The molecule has 0 saturated heterocycles. The van der Waals surface area contributed by atoms with Crippen molar-refractivity contribution in [3.05, 3.63) is 33.9 Å². The lowest BCUT2D eigenvalue weighted by atomic mass is 9.75. The molecule has 9 heteroatoms. The number of hydrogen-bond acceptors (Lipinski definition) is 7. The number of carbonyl (C=O) groups is 1. The summed E-state index contributed by atoms with van der Waals surface area (Å²) in [6.07, 6.45) is 0.